The van der Waals surface area contributed by atoms with Gasteiger partial charge in [-0.3, -0.25) is 4.90 Å². The fraction of sp³-hybridized carbons (Fsp3) is 0.323. The lowest BCUT2D eigenvalue weighted by molar-refractivity contribution is 0.0693. The predicted molar refractivity (Wildman–Crippen MR) is 149 cm³/mol. The molecule has 0 saturated carbocycles. The van der Waals surface area contributed by atoms with E-state index in [1.165, 1.54) is 18.0 Å². The standard InChI is InChI=1S/C31H31FN4O5/c1-19-5-3-6-23(27-7-4-8-28(34-27)36-30(39-2)24(15-33-36)31(37)38)29(19)41-17-20-13-21-9-11-35(22-10-12-40-18-22)16-25(21)26(32)14-20/h3-8,13-15,22H,9-12,16-18H2,1-2H3,(H,37,38)/t22-/m0/s1. The zero-order valence-electron chi connectivity index (χ0n) is 23.0. The maximum Gasteiger partial charge on any atom is 0.342 e. The number of nitrogens with zero attached hydrogens (tertiary/aromatic N) is 4. The minimum atomic E-state index is -1.14. The van der Waals surface area contributed by atoms with E-state index in [-0.39, 0.29) is 23.9 Å². The number of pyridine rings is 1. The number of rotatable bonds is 8. The highest BCUT2D eigenvalue weighted by Gasteiger charge is 2.28. The Balaban J connectivity index is 1.25. The second kappa shape index (κ2) is 11.3. The normalized spacial score (nSPS) is 16.9. The van der Waals surface area contributed by atoms with Crippen LogP contribution in [0.25, 0.3) is 17.1 Å². The number of carboxylic acids is 1. The first kappa shape index (κ1) is 26.9. The average molecular weight is 559 g/mol. The highest BCUT2D eigenvalue weighted by atomic mass is 19.1. The molecule has 0 radical (unpaired) electrons. The number of aromatic nitrogens is 3. The summed E-state index contributed by atoms with van der Waals surface area (Å²) in [6, 6.07) is 15.2. The molecule has 1 N–H and O–H groups in total. The van der Waals surface area contributed by atoms with Crippen molar-refractivity contribution >= 4 is 5.97 Å². The van der Waals surface area contributed by atoms with E-state index in [9.17, 15) is 9.90 Å². The van der Waals surface area contributed by atoms with Crippen LogP contribution in [0.15, 0.2) is 54.7 Å². The molecule has 1 atom stereocenters. The first-order valence-corrected chi connectivity index (χ1v) is 13.6. The van der Waals surface area contributed by atoms with Crippen molar-refractivity contribution in [3.8, 4) is 28.7 Å². The van der Waals surface area contributed by atoms with Gasteiger partial charge in [0.2, 0.25) is 5.88 Å². The maximum absolute atomic E-state index is 15.3. The molecule has 9 nitrogen and oxygen atoms in total. The largest absolute Gasteiger partial charge is 0.488 e. The zero-order valence-corrected chi connectivity index (χ0v) is 23.0. The third-order valence-corrected chi connectivity index (χ3v) is 7.77. The third kappa shape index (κ3) is 5.28. The number of aryl methyl sites for hydroxylation is 1. The fourth-order valence-corrected chi connectivity index (χ4v) is 5.64. The molecule has 2 aromatic carbocycles. The highest BCUT2D eigenvalue weighted by molar-refractivity contribution is 5.90. The van der Waals surface area contributed by atoms with Gasteiger partial charge in [0.1, 0.15) is 23.7 Å². The van der Waals surface area contributed by atoms with Crippen molar-refractivity contribution in [2.45, 2.75) is 39.0 Å². The number of aromatic carboxylic acids is 1. The predicted octanol–water partition coefficient (Wildman–Crippen LogP) is 4.81. The lowest BCUT2D eigenvalue weighted by atomic mass is 9.95. The molecule has 10 heteroatoms. The number of ether oxygens (including phenoxy) is 3. The summed E-state index contributed by atoms with van der Waals surface area (Å²) >= 11 is 0. The van der Waals surface area contributed by atoms with Crippen molar-refractivity contribution in [2.24, 2.45) is 0 Å². The topological polar surface area (TPSA) is 98.9 Å². The Hall–Kier alpha value is -4.28. The Morgan fingerprint density at radius 1 is 1.22 bits per heavy atom. The number of hydrogen-bond acceptors (Lipinski definition) is 7. The lowest BCUT2D eigenvalue weighted by Gasteiger charge is -2.33. The second-order valence-electron chi connectivity index (χ2n) is 10.4. The number of fused-ring (bicyclic) bond motifs is 1. The zero-order chi connectivity index (χ0) is 28.5. The number of methoxy groups -OCH3 is 1. The lowest BCUT2D eigenvalue weighted by Crippen LogP contribution is -2.40. The molecule has 2 aromatic heterocycles. The molecule has 0 amide bonds. The second-order valence-corrected chi connectivity index (χ2v) is 10.4. The fourth-order valence-electron chi connectivity index (χ4n) is 5.64. The molecule has 1 fully saturated rings. The molecule has 4 heterocycles. The van der Waals surface area contributed by atoms with Gasteiger partial charge in [-0.05, 0) is 60.7 Å². The van der Waals surface area contributed by atoms with Crippen molar-refractivity contribution in [1.29, 1.82) is 0 Å². The molecular weight excluding hydrogens is 527 g/mol. The number of halogens is 1. The van der Waals surface area contributed by atoms with Crippen LogP contribution in [0.4, 0.5) is 4.39 Å². The SMILES string of the molecule is COc1c(C(=O)O)cnn1-c1cccc(-c2cccc(C)c2OCc2cc(F)c3c(c2)CCN([C@H]2CCOC2)C3)n1. The van der Waals surface area contributed by atoms with Gasteiger partial charge in [-0.15, -0.1) is 0 Å². The molecule has 2 aliphatic rings. The number of carboxylic acid groups (broad SMARTS) is 1. The van der Waals surface area contributed by atoms with E-state index in [0.29, 0.717) is 29.8 Å². The smallest absolute Gasteiger partial charge is 0.342 e. The number of hydrogen-bond donors (Lipinski definition) is 1. The maximum atomic E-state index is 15.3. The first-order valence-electron chi connectivity index (χ1n) is 13.6. The summed E-state index contributed by atoms with van der Waals surface area (Å²) in [5.41, 5.74) is 4.80. The minimum absolute atomic E-state index is 0.0585. The van der Waals surface area contributed by atoms with Crippen LogP contribution < -0.4 is 9.47 Å². The van der Waals surface area contributed by atoms with Gasteiger partial charge in [-0.1, -0.05) is 24.3 Å². The van der Waals surface area contributed by atoms with Crippen LogP contribution in [-0.4, -0.2) is 63.7 Å². The summed E-state index contributed by atoms with van der Waals surface area (Å²) in [5.74, 6) is -0.219. The van der Waals surface area contributed by atoms with Crippen molar-refractivity contribution in [3.05, 3.63) is 88.4 Å². The van der Waals surface area contributed by atoms with E-state index < -0.39 is 5.97 Å². The molecule has 4 aromatic rings. The highest BCUT2D eigenvalue weighted by Crippen LogP contribution is 2.34. The van der Waals surface area contributed by atoms with Crippen LogP contribution in [0.5, 0.6) is 11.6 Å². The summed E-state index contributed by atoms with van der Waals surface area (Å²) in [7, 11) is 1.39. The average Bonchev–Trinajstić information content (AvgIpc) is 3.67. The van der Waals surface area contributed by atoms with Crippen LogP contribution in [0.2, 0.25) is 0 Å². The van der Waals surface area contributed by atoms with Gasteiger partial charge in [0, 0.05) is 36.9 Å². The molecule has 212 valence electrons. The van der Waals surface area contributed by atoms with Crippen LogP contribution in [0.3, 0.4) is 0 Å². The van der Waals surface area contributed by atoms with Gasteiger partial charge in [0.05, 0.1) is 25.6 Å². The van der Waals surface area contributed by atoms with Crippen molar-refractivity contribution in [1.82, 2.24) is 19.7 Å². The first-order chi connectivity index (χ1) is 19.9. The van der Waals surface area contributed by atoms with Crippen LogP contribution >= 0.6 is 0 Å². The summed E-state index contributed by atoms with van der Waals surface area (Å²) in [5, 5.41) is 13.6. The Morgan fingerprint density at radius 2 is 2.07 bits per heavy atom. The summed E-state index contributed by atoms with van der Waals surface area (Å²) in [6.45, 7) is 5.15. The summed E-state index contributed by atoms with van der Waals surface area (Å²) < 4.78 is 33.8. The van der Waals surface area contributed by atoms with Gasteiger partial charge in [-0.25, -0.2) is 14.2 Å². The van der Waals surface area contributed by atoms with Gasteiger partial charge in [0.15, 0.2) is 5.82 Å². The minimum Gasteiger partial charge on any atom is -0.488 e. The number of para-hydroxylation sites is 1. The molecule has 6 rings (SSSR count). The Kier molecular flexibility index (Phi) is 7.42. The summed E-state index contributed by atoms with van der Waals surface area (Å²) in [6.07, 6.45) is 3.02. The van der Waals surface area contributed by atoms with E-state index in [2.05, 4.69) is 16.1 Å². The molecule has 0 unspecified atom stereocenters. The summed E-state index contributed by atoms with van der Waals surface area (Å²) in [4.78, 5) is 18.6. The van der Waals surface area contributed by atoms with E-state index in [1.807, 2.05) is 37.3 Å². The number of carbonyl (C=O) groups is 1. The van der Waals surface area contributed by atoms with Gasteiger partial charge in [0.25, 0.3) is 0 Å². The van der Waals surface area contributed by atoms with E-state index in [1.54, 1.807) is 12.1 Å². The Morgan fingerprint density at radius 3 is 2.85 bits per heavy atom. The van der Waals surface area contributed by atoms with E-state index >= 15 is 4.39 Å². The molecule has 1 saturated heterocycles. The molecule has 2 aliphatic heterocycles. The molecule has 0 aliphatic carbocycles. The van der Waals surface area contributed by atoms with E-state index in [4.69, 9.17) is 19.2 Å². The van der Waals surface area contributed by atoms with Gasteiger partial charge >= 0.3 is 5.97 Å². The molecule has 41 heavy (non-hydrogen) atoms. The molecule has 0 bridgehead atoms. The van der Waals surface area contributed by atoms with Crippen molar-refractivity contribution in [3.63, 3.8) is 0 Å². The van der Waals surface area contributed by atoms with Gasteiger partial charge < -0.3 is 19.3 Å². The van der Waals surface area contributed by atoms with Crippen LogP contribution in [-0.2, 0) is 24.3 Å². The number of benzene rings is 2. The Labute approximate surface area is 237 Å². The molecular formula is C31H31FN4O5. The van der Waals surface area contributed by atoms with Crippen LogP contribution in [0.1, 0.15) is 39.0 Å². The Bertz CT molecular complexity index is 1600. The van der Waals surface area contributed by atoms with Crippen LogP contribution in [0, 0.1) is 12.7 Å². The quantitative estimate of drug-likeness (QED) is 0.329. The van der Waals surface area contributed by atoms with Gasteiger partial charge in [-0.2, -0.15) is 9.78 Å². The third-order valence-electron chi connectivity index (χ3n) is 7.77. The molecule has 0 spiro atoms. The van der Waals surface area contributed by atoms with Crippen molar-refractivity contribution in [2.75, 3.05) is 26.9 Å². The monoisotopic (exact) mass is 558 g/mol. The van der Waals surface area contributed by atoms with Crippen molar-refractivity contribution < 1.29 is 28.5 Å². The van der Waals surface area contributed by atoms with E-state index in [0.717, 1.165) is 60.4 Å².